The highest BCUT2D eigenvalue weighted by molar-refractivity contribution is 7.15. The molecule has 0 aliphatic rings. The van der Waals surface area contributed by atoms with E-state index in [4.69, 9.17) is 4.74 Å². The van der Waals surface area contributed by atoms with Gasteiger partial charge in [-0.2, -0.15) is 0 Å². The van der Waals surface area contributed by atoms with Crippen LogP contribution in [0.1, 0.15) is 5.01 Å². The van der Waals surface area contributed by atoms with E-state index in [9.17, 15) is 9.18 Å². The van der Waals surface area contributed by atoms with Crippen LogP contribution in [0.3, 0.4) is 0 Å². The van der Waals surface area contributed by atoms with E-state index in [1.807, 2.05) is 6.07 Å². The van der Waals surface area contributed by atoms with Gasteiger partial charge in [-0.15, -0.1) is 10.2 Å². The maximum Gasteiger partial charge on any atom is 0.246 e. The second-order valence-corrected chi connectivity index (χ2v) is 5.69. The van der Waals surface area contributed by atoms with Crippen molar-refractivity contribution in [3.05, 3.63) is 41.3 Å². The Labute approximate surface area is 129 Å². The van der Waals surface area contributed by atoms with Crippen LogP contribution in [0.2, 0.25) is 0 Å². The van der Waals surface area contributed by atoms with Crippen molar-refractivity contribution < 1.29 is 13.9 Å². The van der Waals surface area contributed by atoms with E-state index in [1.54, 1.807) is 23.9 Å². The predicted octanol–water partition coefficient (Wildman–Crippen LogP) is 2.42. The number of methoxy groups -OCH3 is 1. The third-order valence-electron chi connectivity index (χ3n) is 3.03. The Hall–Kier alpha value is -2.32. The van der Waals surface area contributed by atoms with E-state index < -0.39 is 0 Å². The van der Waals surface area contributed by atoms with Crippen LogP contribution < -0.4 is 5.32 Å². The Kier molecular flexibility index (Phi) is 4.12. The molecule has 8 heteroatoms. The van der Waals surface area contributed by atoms with E-state index in [-0.39, 0.29) is 18.3 Å². The third kappa shape index (κ3) is 3.12. The lowest BCUT2D eigenvalue weighted by Crippen LogP contribution is -2.18. The summed E-state index contributed by atoms with van der Waals surface area (Å²) in [6.07, 6.45) is 1.75. The lowest BCUT2D eigenvalue weighted by molar-refractivity contribution is -0.116. The van der Waals surface area contributed by atoms with Gasteiger partial charge in [-0.25, -0.2) is 4.39 Å². The van der Waals surface area contributed by atoms with Gasteiger partial charge in [0.15, 0.2) is 0 Å². The fourth-order valence-corrected chi connectivity index (χ4v) is 2.82. The summed E-state index contributed by atoms with van der Waals surface area (Å²) in [5.41, 5.74) is 0.674. The molecule has 0 radical (unpaired) electrons. The van der Waals surface area contributed by atoms with E-state index >= 15 is 0 Å². The maximum atomic E-state index is 13.3. The Morgan fingerprint density at radius 1 is 1.41 bits per heavy atom. The molecular weight excluding hydrogens is 307 g/mol. The van der Waals surface area contributed by atoms with Crippen LogP contribution in [-0.2, 0) is 22.7 Å². The number of halogens is 1. The Balaban J connectivity index is 1.71. The quantitative estimate of drug-likeness (QED) is 0.784. The van der Waals surface area contributed by atoms with Crippen LogP contribution in [-0.4, -0.2) is 27.8 Å². The molecule has 1 N–H and O–H groups in total. The number of fused-ring (bicyclic) bond motifs is 1. The molecule has 0 atom stereocenters. The van der Waals surface area contributed by atoms with Crippen LogP contribution in [0, 0.1) is 5.82 Å². The highest BCUT2D eigenvalue weighted by Gasteiger charge is 2.10. The number of hydrogen-bond acceptors (Lipinski definition) is 5. The number of ether oxygens (including phenoxy) is 1. The summed E-state index contributed by atoms with van der Waals surface area (Å²) >= 11 is 1.26. The van der Waals surface area contributed by atoms with Crippen LogP contribution in [0.15, 0.2) is 30.5 Å². The molecule has 6 nitrogen and oxygen atoms in total. The predicted molar refractivity (Wildman–Crippen MR) is 81.1 cm³/mol. The number of rotatable bonds is 5. The van der Waals surface area contributed by atoms with Crippen molar-refractivity contribution in [1.29, 1.82) is 0 Å². The zero-order valence-electron chi connectivity index (χ0n) is 11.7. The lowest BCUT2D eigenvalue weighted by Gasteiger charge is -2.05. The smallest absolute Gasteiger partial charge is 0.246 e. The van der Waals surface area contributed by atoms with Gasteiger partial charge in [0.2, 0.25) is 11.0 Å². The first kappa shape index (κ1) is 14.6. The molecule has 114 valence electrons. The molecule has 2 aromatic heterocycles. The number of carbonyl (C=O) groups is 1. The number of nitrogens with zero attached hydrogens (tertiary/aromatic N) is 3. The highest BCUT2D eigenvalue weighted by atomic mass is 32.1. The van der Waals surface area contributed by atoms with Crippen molar-refractivity contribution in [2.45, 2.75) is 13.2 Å². The van der Waals surface area contributed by atoms with Crippen LogP contribution in [0.25, 0.3) is 10.9 Å². The van der Waals surface area contributed by atoms with Gasteiger partial charge in [0.1, 0.15) is 24.0 Å². The molecular formula is C14H13FN4O2S. The van der Waals surface area contributed by atoms with Crippen molar-refractivity contribution in [3.8, 4) is 0 Å². The summed E-state index contributed by atoms with van der Waals surface area (Å²) < 4.78 is 19.9. The normalized spacial score (nSPS) is 11.0. The van der Waals surface area contributed by atoms with Crippen molar-refractivity contribution in [2.24, 2.45) is 0 Å². The molecule has 2 heterocycles. The van der Waals surface area contributed by atoms with E-state index in [0.29, 0.717) is 22.3 Å². The molecule has 0 unspecified atom stereocenters. The zero-order chi connectivity index (χ0) is 15.5. The summed E-state index contributed by atoms with van der Waals surface area (Å²) in [5.74, 6) is -0.580. The average molecular weight is 320 g/mol. The molecule has 0 aliphatic heterocycles. The fourth-order valence-electron chi connectivity index (χ4n) is 2.09. The average Bonchev–Trinajstić information content (AvgIpc) is 3.07. The minimum atomic E-state index is -0.332. The van der Waals surface area contributed by atoms with E-state index in [2.05, 4.69) is 15.5 Å². The van der Waals surface area contributed by atoms with E-state index in [0.717, 1.165) is 5.39 Å². The number of anilines is 1. The van der Waals surface area contributed by atoms with Crippen LogP contribution >= 0.6 is 11.3 Å². The van der Waals surface area contributed by atoms with Gasteiger partial charge >= 0.3 is 0 Å². The molecule has 0 fully saturated rings. The third-order valence-corrected chi connectivity index (χ3v) is 3.84. The summed E-state index contributed by atoms with van der Waals surface area (Å²) in [4.78, 5) is 12.1. The van der Waals surface area contributed by atoms with Crippen molar-refractivity contribution in [3.63, 3.8) is 0 Å². The highest BCUT2D eigenvalue weighted by Crippen LogP contribution is 2.18. The van der Waals surface area contributed by atoms with Gasteiger partial charge in [0.05, 0.1) is 5.52 Å². The molecule has 0 bridgehead atoms. The van der Waals surface area contributed by atoms with Crippen molar-refractivity contribution in [2.75, 3.05) is 12.4 Å². The molecule has 1 aromatic carbocycles. The molecule has 22 heavy (non-hydrogen) atoms. The number of nitrogens with one attached hydrogen (secondary N) is 1. The molecule has 0 spiro atoms. The Morgan fingerprint density at radius 2 is 2.27 bits per heavy atom. The number of amides is 1. The zero-order valence-corrected chi connectivity index (χ0v) is 12.6. The maximum absolute atomic E-state index is 13.3. The fraction of sp³-hybridized carbons (Fsp3) is 0.214. The topological polar surface area (TPSA) is 69.0 Å². The Morgan fingerprint density at radius 3 is 3.09 bits per heavy atom. The molecule has 0 saturated heterocycles. The SMILES string of the molecule is COCc1nnc(NC(=O)Cn2ccc3ccc(F)cc32)s1. The molecule has 0 aliphatic carbocycles. The summed E-state index contributed by atoms with van der Waals surface area (Å²) in [7, 11) is 1.57. The van der Waals surface area contributed by atoms with Crippen molar-refractivity contribution in [1.82, 2.24) is 14.8 Å². The van der Waals surface area contributed by atoms with Gasteiger partial charge in [0, 0.05) is 13.3 Å². The molecule has 3 aromatic rings. The van der Waals surface area contributed by atoms with Gasteiger partial charge < -0.3 is 9.30 Å². The van der Waals surface area contributed by atoms with E-state index in [1.165, 1.54) is 23.5 Å². The minimum absolute atomic E-state index is 0.0755. The molecule has 0 saturated carbocycles. The first-order valence-corrected chi connectivity index (χ1v) is 7.33. The number of aromatic nitrogens is 3. The van der Waals surface area contributed by atoms with Gasteiger partial charge in [-0.3, -0.25) is 10.1 Å². The standard InChI is InChI=1S/C14H13FN4O2S/c1-21-8-13-17-18-14(22-13)16-12(20)7-19-5-4-9-2-3-10(15)6-11(9)19/h2-6H,7-8H2,1H3,(H,16,18,20). The largest absolute Gasteiger partial charge is 0.377 e. The second-order valence-electron chi connectivity index (χ2n) is 4.63. The Bertz CT molecular complexity index is 814. The number of carbonyl (C=O) groups excluding carboxylic acids is 1. The van der Waals surface area contributed by atoms with Gasteiger partial charge in [-0.1, -0.05) is 11.3 Å². The van der Waals surface area contributed by atoms with Crippen LogP contribution in [0.4, 0.5) is 9.52 Å². The number of benzene rings is 1. The lowest BCUT2D eigenvalue weighted by atomic mass is 10.2. The first-order chi connectivity index (χ1) is 10.7. The van der Waals surface area contributed by atoms with Crippen molar-refractivity contribution >= 4 is 33.3 Å². The van der Waals surface area contributed by atoms with Gasteiger partial charge in [0.25, 0.3) is 0 Å². The molecule has 1 amide bonds. The summed E-state index contributed by atoms with van der Waals surface area (Å²) in [6, 6.07) is 6.32. The molecule has 3 rings (SSSR count). The second kappa shape index (κ2) is 6.20. The first-order valence-electron chi connectivity index (χ1n) is 6.51. The summed E-state index contributed by atoms with van der Waals surface area (Å²) in [5, 5.41) is 12.4. The van der Waals surface area contributed by atoms with Crippen LogP contribution in [0.5, 0.6) is 0 Å². The number of hydrogen-bond donors (Lipinski definition) is 1. The minimum Gasteiger partial charge on any atom is -0.377 e. The monoisotopic (exact) mass is 320 g/mol. The van der Waals surface area contributed by atoms with Gasteiger partial charge in [-0.05, 0) is 29.7 Å². The summed E-state index contributed by atoms with van der Waals surface area (Å²) in [6.45, 7) is 0.432.